The number of hydrogen-bond acceptors (Lipinski definition) is 7. The van der Waals surface area contributed by atoms with Gasteiger partial charge in [-0.3, -0.25) is 14.5 Å². The van der Waals surface area contributed by atoms with Crippen molar-refractivity contribution in [2.24, 2.45) is 23.2 Å². The minimum absolute atomic E-state index is 0.0490. The Hall–Kier alpha value is -2.47. The van der Waals surface area contributed by atoms with Crippen LogP contribution in [0.5, 0.6) is 0 Å². The van der Waals surface area contributed by atoms with Crippen LogP contribution in [0.15, 0.2) is 35.6 Å². The number of nitriles is 1. The number of ketones is 1. The number of hydrogen-bond donors (Lipinski definition) is 3. The Kier molecular flexibility index (Phi) is 8.03. The molecule has 36 heavy (non-hydrogen) atoms. The third-order valence-corrected chi connectivity index (χ3v) is 8.50. The van der Waals surface area contributed by atoms with E-state index < -0.39 is 11.6 Å². The number of nitrogens with one attached hydrogen (secondary N) is 2. The van der Waals surface area contributed by atoms with Crippen LogP contribution in [0.1, 0.15) is 46.5 Å². The van der Waals surface area contributed by atoms with Crippen molar-refractivity contribution in [3.63, 3.8) is 0 Å². The summed E-state index contributed by atoms with van der Waals surface area (Å²) < 4.78 is 0. The maximum atomic E-state index is 13.6. The first-order valence-electron chi connectivity index (χ1n) is 13.4. The molecule has 0 bridgehead atoms. The Morgan fingerprint density at radius 1 is 1.36 bits per heavy atom. The fourth-order valence-corrected chi connectivity index (χ4v) is 6.34. The first-order chi connectivity index (χ1) is 17.3. The molecular formula is C28H41N5O3. The molecule has 4 rings (SSSR count). The Morgan fingerprint density at radius 3 is 2.67 bits per heavy atom. The molecule has 1 amide bonds. The van der Waals surface area contributed by atoms with Gasteiger partial charge in [0, 0.05) is 50.3 Å². The number of allylic oxidation sites excluding steroid dienone is 2. The molecule has 1 saturated carbocycles. The van der Waals surface area contributed by atoms with E-state index in [1.807, 2.05) is 11.8 Å². The summed E-state index contributed by atoms with van der Waals surface area (Å²) in [6, 6.07) is 2.43. The van der Waals surface area contributed by atoms with E-state index in [1.54, 1.807) is 0 Å². The molecule has 1 saturated heterocycles. The second-order valence-corrected chi connectivity index (χ2v) is 11.0. The van der Waals surface area contributed by atoms with E-state index in [4.69, 9.17) is 0 Å². The molecule has 3 unspecified atom stereocenters. The predicted molar refractivity (Wildman–Crippen MR) is 138 cm³/mol. The molecule has 0 aromatic heterocycles. The number of aliphatic hydroxyl groups is 1. The molecule has 0 radical (unpaired) electrons. The van der Waals surface area contributed by atoms with Crippen molar-refractivity contribution < 1.29 is 14.7 Å². The van der Waals surface area contributed by atoms with Crippen LogP contribution in [0, 0.1) is 34.5 Å². The number of rotatable bonds is 8. The summed E-state index contributed by atoms with van der Waals surface area (Å²) in [4.78, 5) is 30.4. The summed E-state index contributed by atoms with van der Waals surface area (Å²) >= 11 is 0. The average Bonchev–Trinajstić information content (AvgIpc) is 3.73. The fourth-order valence-electron chi connectivity index (χ4n) is 6.34. The summed E-state index contributed by atoms with van der Waals surface area (Å²) in [6.07, 6.45) is 6.33. The highest BCUT2D eigenvalue weighted by Gasteiger charge is 2.58. The zero-order valence-corrected chi connectivity index (χ0v) is 21.9. The molecule has 4 aliphatic rings. The summed E-state index contributed by atoms with van der Waals surface area (Å²) in [5.74, 6) is 0.0124. The Morgan fingerprint density at radius 2 is 2.11 bits per heavy atom. The molecule has 3 N–H and O–H groups in total. The van der Waals surface area contributed by atoms with Crippen LogP contribution in [0.25, 0.3) is 0 Å². The van der Waals surface area contributed by atoms with Gasteiger partial charge in [0.2, 0.25) is 5.91 Å². The molecule has 1 aliphatic carbocycles. The molecule has 0 spiro atoms. The number of aliphatic hydroxyl groups excluding tert-OH is 1. The minimum Gasteiger partial charge on any atom is -0.396 e. The van der Waals surface area contributed by atoms with E-state index in [0.29, 0.717) is 25.6 Å². The van der Waals surface area contributed by atoms with Gasteiger partial charge in [0.1, 0.15) is 6.17 Å². The van der Waals surface area contributed by atoms with Gasteiger partial charge in [0.05, 0.1) is 12.7 Å². The van der Waals surface area contributed by atoms with Gasteiger partial charge in [-0.25, -0.2) is 0 Å². The lowest BCUT2D eigenvalue weighted by atomic mass is 9.63. The molecule has 0 aromatic rings. The van der Waals surface area contributed by atoms with Gasteiger partial charge < -0.3 is 20.6 Å². The van der Waals surface area contributed by atoms with Crippen molar-refractivity contribution in [1.82, 2.24) is 20.4 Å². The molecule has 0 aromatic carbocycles. The van der Waals surface area contributed by atoms with Crippen LogP contribution in [0.3, 0.4) is 0 Å². The lowest BCUT2D eigenvalue weighted by Crippen LogP contribution is -2.69. The van der Waals surface area contributed by atoms with Gasteiger partial charge in [-0.2, -0.15) is 5.26 Å². The van der Waals surface area contributed by atoms with Gasteiger partial charge >= 0.3 is 0 Å². The van der Waals surface area contributed by atoms with Gasteiger partial charge in [0.25, 0.3) is 0 Å². The van der Waals surface area contributed by atoms with Crippen LogP contribution >= 0.6 is 0 Å². The molecule has 8 heteroatoms. The van der Waals surface area contributed by atoms with Crippen molar-refractivity contribution >= 4 is 11.7 Å². The van der Waals surface area contributed by atoms with E-state index in [-0.39, 0.29) is 42.6 Å². The maximum Gasteiger partial charge on any atom is 0.225 e. The lowest BCUT2D eigenvalue weighted by molar-refractivity contribution is -0.142. The first kappa shape index (κ1) is 26.6. The minimum atomic E-state index is -1.33. The smallest absolute Gasteiger partial charge is 0.225 e. The van der Waals surface area contributed by atoms with Crippen molar-refractivity contribution in [2.45, 2.75) is 58.7 Å². The lowest BCUT2D eigenvalue weighted by Gasteiger charge is -2.53. The SMILES string of the molecule is C=CC(=O)C1(C#N)C(C)C(C2=CCCNC2)=C(C2CC2)N[C@@H]1N1CCN(C(=O)CCO)C(C(C)C)C1. The molecule has 3 heterocycles. The van der Waals surface area contributed by atoms with Gasteiger partial charge in [-0.1, -0.05) is 33.4 Å². The van der Waals surface area contributed by atoms with Crippen molar-refractivity contribution in [1.29, 1.82) is 5.26 Å². The van der Waals surface area contributed by atoms with E-state index in [0.717, 1.165) is 37.9 Å². The quantitative estimate of drug-likeness (QED) is 0.442. The average molecular weight is 496 g/mol. The van der Waals surface area contributed by atoms with Crippen molar-refractivity contribution in [3.8, 4) is 6.07 Å². The summed E-state index contributed by atoms with van der Waals surface area (Å²) in [5.41, 5.74) is 2.17. The molecule has 8 nitrogen and oxygen atoms in total. The van der Waals surface area contributed by atoms with Crippen LogP contribution < -0.4 is 10.6 Å². The Balaban J connectivity index is 1.76. The zero-order valence-electron chi connectivity index (χ0n) is 21.9. The first-order valence-corrected chi connectivity index (χ1v) is 13.4. The van der Waals surface area contributed by atoms with Gasteiger partial charge in [0.15, 0.2) is 11.2 Å². The van der Waals surface area contributed by atoms with E-state index in [9.17, 15) is 20.0 Å². The van der Waals surface area contributed by atoms with Gasteiger partial charge in [-0.15, -0.1) is 0 Å². The van der Waals surface area contributed by atoms with E-state index >= 15 is 0 Å². The van der Waals surface area contributed by atoms with Crippen LogP contribution in [-0.2, 0) is 9.59 Å². The zero-order chi connectivity index (χ0) is 26.0. The standard InChI is InChI=1S/C28H41N5O3/c1-5-23(35)28(17-29)19(4)25(21-7-6-11-30-15-21)26(20-8-9-20)31-27(28)32-12-13-33(24(36)10-14-34)22(16-32)18(2)3/h5,7,18-20,22,27,30-31,34H,1,6,8-16H2,2-4H3/t19?,22?,27-,28?/m1/s1. The fraction of sp³-hybridized carbons (Fsp3) is 0.679. The number of amides is 1. The summed E-state index contributed by atoms with van der Waals surface area (Å²) in [6.45, 7) is 13.1. The largest absolute Gasteiger partial charge is 0.396 e. The number of carbonyl (C=O) groups excluding carboxylic acids is 2. The topological polar surface area (TPSA) is 109 Å². The Bertz CT molecular complexity index is 992. The normalized spacial score (nSPS) is 31.5. The molecule has 3 aliphatic heterocycles. The Labute approximate surface area is 215 Å². The van der Waals surface area contributed by atoms with Crippen LogP contribution in [0.2, 0.25) is 0 Å². The second kappa shape index (κ2) is 10.9. The summed E-state index contributed by atoms with van der Waals surface area (Å²) in [7, 11) is 0. The number of piperazine rings is 1. The second-order valence-electron chi connectivity index (χ2n) is 11.0. The van der Waals surface area contributed by atoms with Crippen molar-refractivity contribution in [2.75, 3.05) is 39.3 Å². The summed E-state index contributed by atoms with van der Waals surface area (Å²) in [5, 5.41) is 27.2. The van der Waals surface area contributed by atoms with Crippen LogP contribution in [0.4, 0.5) is 0 Å². The number of carbonyl (C=O) groups is 2. The highest BCUT2D eigenvalue weighted by atomic mass is 16.3. The van der Waals surface area contributed by atoms with Gasteiger partial charge in [-0.05, 0) is 54.9 Å². The monoisotopic (exact) mass is 495 g/mol. The van der Waals surface area contributed by atoms with E-state index in [2.05, 4.69) is 48.1 Å². The maximum absolute atomic E-state index is 13.6. The van der Waals surface area contributed by atoms with E-state index in [1.165, 1.54) is 17.3 Å². The predicted octanol–water partition coefficient (Wildman–Crippen LogP) is 1.95. The third-order valence-electron chi connectivity index (χ3n) is 8.50. The van der Waals surface area contributed by atoms with Crippen LogP contribution in [-0.4, -0.2) is 78.1 Å². The highest BCUT2D eigenvalue weighted by Crippen LogP contribution is 2.50. The molecule has 196 valence electrons. The highest BCUT2D eigenvalue weighted by molar-refractivity contribution is 5.98. The number of nitrogens with zero attached hydrogens (tertiary/aromatic N) is 3. The third kappa shape index (κ3) is 4.65. The molecular weight excluding hydrogens is 454 g/mol. The molecule has 4 atom stereocenters. The molecule has 2 fully saturated rings. The van der Waals surface area contributed by atoms with Crippen molar-refractivity contribution in [3.05, 3.63) is 35.6 Å².